The first-order valence-corrected chi connectivity index (χ1v) is 6.71. The third kappa shape index (κ3) is 1.90. The lowest BCUT2D eigenvalue weighted by atomic mass is 9.68. The summed E-state index contributed by atoms with van der Waals surface area (Å²) in [7, 11) is 3.29. The van der Waals surface area contributed by atoms with E-state index in [4.69, 9.17) is 4.74 Å². The summed E-state index contributed by atoms with van der Waals surface area (Å²) in [6.45, 7) is 0. The summed E-state index contributed by atoms with van der Waals surface area (Å²) in [4.78, 5) is 23.5. The average molecular weight is 265 g/mol. The van der Waals surface area contributed by atoms with E-state index in [0.717, 1.165) is 6.42 Å². The van der Waals surface area contributed by atoms with E-state index in [0.29, 0.717) is 17.5 Å². The Labute approximate surface area is 111 Å². The molecule has 0 aliphatic heterocycles. The number of nitrogens with one attached hydrogen (secondary N) is 2. The second kappa shape index (κ2) is 4.52. The number of aromatic amines is 1. The summed E-state index contributed by atoms with van der Waals surface area (Å²) in [5, 5.41) is 5.74. The molecule has 2 N–H and O–H groups in total. The predicted octanol–water partition coefficient (Wildman–Crippen LogP) is 0.257. The van der Waals surface area contributed by atoms with Crippen molar-refractivity contribution in [3.8, 4) is 0 Å². The lowest BCUT2D eigenvalue weighted by Crippen LogP contribution is -2.62. The Bertz CT molecular complexity index is 548. The number of aromatic nitrogens is 2. The van der Waals surface area contributed by atoms with Gasteiger partial charge in [-0.15, -0.1) is 0 Å². The van der Waals surface area contributed by atoms with Crippen LogP contribution < -0.4 is 10.9 Å². The van der Waals surface area contributed by atoms with Gasteiger partial charge in [0.15, 0.2) is 0 Å². The number of fused-ring (bicyclic) bond motifs is 1. The van der Waals surface area contributed by atoms with Gasteiger partial charge in [0, 0.05) is 20.2 Å². The van der Waals surface area contributed by atoms with Crippen LogP contribution in [0.25, 0.3) is 0 Å². The maximum atomic E-state index is 12.1. The number of amides is 1. The molecule has 0 radical (unpaired) electrons. The maximum absolute atomic E-state index is 12.1. The quantitative estimate of drug-likeness (QED) is 0.823. The van der Waals surface area contributed by atoms with E-state index in [1.54, 1.807) is 14.2 Å². The molecule has 1 aromatic rings. The van der Waals surface area contributed by atoms with Gasteiger partial charge in [-0.3, -0.25) is 19.4 Å². The van der Waals surface area contributed by atoms with Crippen LogP contribution in [-0.2, 0) is 11.8 Å². The molecule has 0 spiro atoms. The number of ether oxygens (including phenoxy) is 1. The lowest BCUT2D eigenvalue weighted by molar-refractivity contribution is -0.0791. The minimum atomic E-state index is -0.227. The molecule has 1 aromatic heterocycles. The fourth-order valence-electron chi connectivity index (χ4n) is 3.58. The first-order chi connectivity index (χ1) is 9.11. The number of methoxy groups -OCH3 is 1. The summed E-state index contributed by atoms with van der Waals surface area (Å²) in [6.07, 6.45) is 3.68. The Balaban J connectivity index is 1.71. The van der Waals surface area contributed by atoms with Crippen molar-refractivity contribution in [3.63, 3.8) is 0 Å². The van der Waals surface area contributed by atoms with Gasteiger partial charge in [0.25, 0.3) is 11.5 Å². The molecule has 0 aromatic carbocycles. The van der Waals surface area contributed by atoms with Gasteiger partial charge in [-0.2, -0.15) is 0 Å². The zero-order valence-corrected chi connectivity index (χ0v) is 11.2. The number of nitrogens with zero attached hydrogens (tertiary/aromatic N) is 1. The van der Waals surface area contributed by atoms with E-state index >= 15 is 0 Å². The van der Waals surface area contributed by atoms with E-state index in [1.165, 1.54) is 23.6 Å². The Hall–Kier alpha value is -1.56. The lowest BCUT2D eigenvalue weighted by Gasteiger charge is -2.48. The normalized spacial score (nSPS) is 32.7. The molecule has 104 valence electrons. The van der Waals surface area contributed by atoms with Crippen molar-refractivity contribution in [2.75, 3.05) is 7.11 Å². The van der Waals surface area contributed by atoms with Crippen LogP contribution in [0.5, 0.6) is 0 Å². The number of H-pyrrole nitrogens is 1. The highest BCUT2D eigenvalue weighted by Crippen LogP contribution is 2.48. The third-order valence-electron chi connectivity index (χ3n) is 4.56. The fraction of sp³-hybridized carbons (Fsp3) is 0.692. The molecule has 1 heterocycles. The van der Waals surface area contributed by atoms with Gasteiger partial charge in [-0.25, -0.2) is 0 Å². The second-order valence-electron chi connectivity index (χ2n) is 5.53. The first kappa shape index (κ1) is 12.5. The average Bonchev–Trinajstić information content (AvgIpc) is 2.93. The van der Waals surface area contributed by atoms with Gasteiger partial charge in [0.2, 0.25) is 0 Å². The van der Waals surface area contributed by atoms with E-state index in [-0.39, 0.29) is 23.6 Å². The molecule has 6 nitrogen and oxygen atoms in total. The highest BCUT2D eigenvalue weighted by Gasteiger charge is 2.53. The summed E-state index contributed by atoms with van der Waals surface area (Å²) in [5.74, 6) is 0.893. The van der Waals surface area contributed by atoms with Gasteiger partial charge in [-0.05, 0) is 24.7 Å². The number of hydrogen-bond acceptors (Lipinski definition) is 3. The van der Waals surface area contributed by atoms with Crippen LogP contribution in [0.15, 0.2) is 10.9 Å². The summed E-state index contributed by atoms with van der Waals surface area (Å²) < 4.78 is 6.78. The standard InChI is InChI=1S/C13H19N3O3/c1-16-10(17)6-9(15-16)13(18)14-11-7-4-3-5-8(7)12(11)19-2/h6-8,11-12,15H,3-5H2,1-2H3,(H,14,18). The second-order valence-corrected chi connectivity index (χ2v) is 5.53. The van der Waals surface area contributed by atoms with Crippen LogP contribution in [-0.4, -0.2) is 34.9 Å². The molecule has 6 heteroatoms. The molecule has 4 unspecified atom stereocenters. The van der Waals surface area contributed by atoms with Crippen LogP contribution in [0.1, 0.15) is 29.8 Å². The minimum Gasteiger partial charge on any atom is -0.379 e. The largest absolute Gasteiger partial charge is 0.379 e. The maximum Gasteiger partial charge on any atom is 0.269 e. The predicted molar refractivity (Wildman–Crippen MR) is 68.9 cm³/mol. The molecule has 2 saturated carbocycles. The molecular weight excluding hydrogens is 246 g/mol. The summed E-state index contributed by atoms with van der Waals surface area (Å²) in [6, 6.07) is 1.40. The van der Waals surface area contributed by atoms with Crippen molar-refractivity contribution in [2.45, 2.75) is 31.4 Å². The van der Waals surface area contributed by atoms with Crippen molar-refractivity contribution >= 4 is 5.91 Å². The van der Waals surface area contributed by atoms with E-state index in [9.17, 15) is 9.59 Å². The van der Waals surface area contributed by atoms with Crippen molar-refractivity contribution in [3.05, 3.63) is 22.1 Å². The van der Waals surface area contributed by atoms with E-state index in [2.05, 4.69) is 10.4 Å². The first-order valence-electron chi connectivity index (χ1n) is 6.71. The van der Waals surface area contributed by atoms with Crippen LogP contribution >= 0.6 is 0 Å². The van der Waals surface area contributed by atoms with Gasteiger partial charge in [0.05, 0.1) is 12.1 Å². The molecule has 3 rings (SSSR count). The highest BCUT2D eigenvalue weighted by atomic mass is 16.5. The number of hydrogen-bond donors (Lipinski definition) is 2. The number of carbonyl (C=O) groups excluding carboxylic acids is 1. The van der Waals surface area contributed by atoms with E-state index < -0.39 is 0 Å². The number of carbonyl (C=O) groups is 1. The molecule has 19 heavy (non-hydrogen) atoms. The minimum absolute atomic E-state index is 0.0775. The molecule has 2 fully saturated rings. The fourth-order valence-corrected chi connectivity index (χ4v) is 3.58. The molecule has 0 saturated heterocycles. The van der Waals surface area contributed by atoms with Crippen molar-refractivity contribution in [1.82, 2.24) is 15.1 Å². The van der Waals surface area contributed by atoms with Crippen molar-refractivity contribution < 1.29 is 9.53 Å². The molecule has 1 amide bonds. The highest BCUT2D eigenvalue weighted by molar-refractivity contribution is 5.92. The van der Waals surface area contributed by atoms with Gasteiger partial charge in [0.1, 0.15) is 5.69 Å². The molecule has 2 aliphatic rings. The molecule has 0 bridgehead atoms. The molecule has 2 aliphatic carbocycles. The van der Waals surface area contributed by atoms with Crippen LogP contribution in [0.4, 0.5) is 0 Å². The zero-order chi connectivity index (χ0) is 13.6. The zero-order valence-electron chi connectivity index (χ0n) is 11.2. The van der Waals surface area contributed by atoms with Gasteiger partial charge in [-0.1, -0.05) is 6.42 Å². The van der Waals surface area contributed by atoms with Crippen LogP contribution in [0.3, 0.4) is 0 Å². The Morgan fingerprint density at radius 2 is 2.21 bits per heavy atom. The van der Waals surface area contributed by atoms with Crippen LogP contribution in [0.2, 0.25) is 0 Å². The molecule has 4 atom stereocenters. The topological polar surface area (TPSA) is 76.1 Å². The monoisotopic (exact) mass is 265 g/mol. The van der Waals surface area contributed by atoms with Crippen molar-refractivity contribution in [2.24, 2.45) is 18.9 Å². The third-order valence-corrected chi connectivity index (χ3v) is 4.56. The van der Waals surface area contributed by atoms with Gasteiger partial charge >= 0.3 is 0 Å². The molecular formula is C13H19N3O3. The Morgan fingerprint density at radius 1 is 1.47 bits per heavy atom. The summed E-state index contributed by atoms with van der Waals surface area (Å²) in [5.41, 5.74) is 0.101. The number of rotatable bonds is 3. The summed E-state index contributed by atoms with van der Waals surface area (Å²) >= 11 is 0. The Morgan fingerprint density at radius 3 is 2.84 bits per heavy atom. The smallest absolute Gasteiger partial charge is 0.269 e. The van der Waals surface area contributed by atoms with Crippen molar-refractivity contribution in [1.29, 1.82) is 0 Å². The van der Waals surface area contributed by atoms with Gasteiger partial charge < -0.3 is 10.1 Å². The Kier molecular flexibility index (Phi) is 2.97. The number of aryl methyl sites for hydroxylation is 1. The van der Waals surface area contributed by atoms with E-state index in [1.807, 2.05) is 0 Å². The SMILES string of the molecule is COC1C2CCCC2C1NC(=O)c1cc(=O)n(C)[nH]1. The van der Waals surface area contributed by atoms with Crippen LogP contribution in [0, 0.1) is 11.8 Å².